The predicted octanol–water partition coefficient (Wildman–Crippen LogP) is 2.25. The molecule has 0 spiro atoms. The van der Waals surface area contributed by atoms with E-state index in [-0.39, 0.29) is 29.3 Å². The highest BCUT2D eigenvalue weighted by atomic mass is 32.2. The summed E-state index contributed by atoms with van der Waals surface area (Å²) < 4.78 is 46.9. The Bertz CT molecular complexity index is 1020. The zero-order chi connectivity index (χ0) is 21.8. The van der Waals surface area contributed by atoms with Gasteiger partial charge >= 0.3 is 0 Å². The maximum Gasteiger partial charge on any atom is 0.253 e. The van der Waals surface area contributed by atoms with Crippen molar-refractivity contribution >= 4 is 21.6 Å². The van der Waals surface area contributed by atoms with Gasteiger partial charge in [-0.1, -0.05) is 12.1 Å². The Morgan fingerprint density at radius 2 is 1.77 bits per heavy atom. The highest BCUT2D eigenvalue weighted by Crippen LogP contribution is 2.21. The van der Waals surface area contributed by atoms with Crippen LogP contribution in [0.5, 0.6) is 0 Å². The molecule has 0 radical (unpaired) electrons. The van der Waals surface area contributed by atoms with E-state index in [9.17, 15) is 17.6 Å². The fourth-order valence-corrected chi connectivity index (χ4v) is 4.98. The lowest BCUT2D eigenvalue weighted by molar-refractivity contribution is 0.0746. The quantitative estimate of drug-likeness (QED) is 0.735. The number of para-hydroxylation sites is 1. The van der Waals surface area contributed by atoms with E-state index in [0.717, 1.165) is 12.8 Å². The van der Waals surface area contributed by atoms with Crippen LogP contribution in [0, 0.1) is 5.82 Å². The molecular formula is C22H26FN3O4S. The molecule has 1 unspecified atom stereocenters. The smallest absolute Gasteiger partial charge is 0.253 e. The van der Waals surface area contributed by atoms with Gasteiger partial charge in [-0.05, 0) is 49.2 Å². The second-order valence-electron chi connectivity index (χ2n) is 7.74. The fraction of sp³-hybridized carbons (Fsp3) is 0.409. The second kappa shape index (κ2) is 9.33. The van der Waals surface area contributed by atoms with Crippen LogP contribution < -0.4 is 9.62 Å². The van der Waals surface area contributed by atoms with Gasteiger partial charge in [0.15, 0.2) is 0 Å². The first-order valence-corrected chi connectivity index (χ1v) is 11.9. The molecule has 0 aliphatic carbocycles. The van der Waals surface area contributed by atoms with E-state index < -0.39 is 10.0 Å². The van der Waals surface area contributed by atoms with E-state index in [2.05, 4.69) is 4.72 Å². The van der Waals surface area contributed by atoms with E-state index in [1.165, 1.54) is 30.3 Å². The molecule has 9 heteroatoms. The third-order valence-electron chi connectivity index (χ3n) is 5.70. The summed E-state index contributed by atoms with van der Waals surface area (Å²) >= 11 is 0. The summed E-state index contributed by atoms with van der Waals surface area (Å²) in [6, 6.07) is 12.6. The van der Waals surface area contributed by atoms with Crippen LogP contribution in [0.25, 0.3) is 0 Å². The summed E-state index contributed by atoms with van der Waals surface area (Å²) in [6.07, 6.45) is 1.70. The highest BCUT2D eigenvalue weighted by molar-refractivity contribution is 7.89. The van der Waals surface area contributed by atoms with Crippen molar-refractivity contribution < 1.29 is 22.3 Å². The van der Waals surface area contributed by atoms with E-state index in [1.807, 2.05) is 4.90 Å². The van der Waals surface area contributed by atoms with Crippen molar-refractivity contribution in [1.82, 2.24) is 9.62 Å². The number of carbonyl (C=O) groups is 1. The Labute approximate surface area is 181 Å². The topological polar surface area (TPSA) is 78.9 Å². The van der Waals surface area contributed by atoms with Gasteiger partial charge in [0.05, 0.1) is 16.7 Å². The minimum atomic E-state index is -3.65. The minimum absolute atomic E-state index is 0.0846. The molecule has 2 saturated heterocycles. The molecule has 2 aromatic rings. The molecule has 2 aliphatic rings. The lowest BCUT2D eigenvalue weighted by atomic mass is 10.1. The number of hydrogen-bond donors (Lipinski definition) is 1. The van der Waals surface area contributed by atoms with Crippen molar-refractivity contribution in [2.24, 2.45) is 0 Å². The number of rotatable bonds is 6. The second-order valence-corrected chi connectivity index (χ2v) is 9.51. The largest absolute Gasteiger partial charge is 0.377 e. The average molecular weight is 448 g/mol. The highest BCUT2D eigenvalue weighted by Gasteiger charge is 2.24. The van der Waals surface area contributed by atoms with Crippen LogP contribution in [-0.4, -0.2) is 64.7 Å². The third kappa shape index (κ3) is 5.06. The number of sulfonamides is 1. The van der Waals surface area contributed by atoms with Crippen LogP contribution in [0.3, 0.4) is 0 Å². The molecule has 2 heterocycles. The number of carbonyl (C=O) groups excluding carboxylic acids is 1. The average Bonchev–Trinajstić information content (AvgIpc) is 3.32. The van der Waals surface area contributed by atoms with Gasteiger partial charge < -0.3 is 14.5 Å². The van der Waals surface area contributed by atoms with Gasteiger partial charge in [-0.3, -0.25) is 4.79 Å². The van der Waals surface area contributed by atoms with Crippen LogP contribution in [0.1, 0.15) is 23.2 Å². The van der Waals surface area contributed by atoms with Gasteiger partial charge in [0.25, 0.3) is 5.91 Å². The molecule has 7 nitrogen and oxygen atoms in total. The van der Waals surface area contributed by atoms with Crippen LogP contribution in [0.2, 0.25) is 0 Å². The Morgan fingerprint density at radius 3 is 2.42 bits per heavy atom. The first kappa shape index (κ1) is 21.7. The van der Waals surface area contributed by atoms with Crippen molar-refractivity contribution in [3.05, 3.63) is 59.9 Å². The zero-order valence-corrected chi connectivity index (χ0v) is 18.0. The standard InChI is InChI=1S/C22H26FN3O4S/c23-20-5-1-2-6-21(20)25-11-13-26(14-12-25)22(27)17-7-9-19(10-8-17)31(28,29)24-16-18-4-3-15-30-18/h1-2,5-10,18,24H,3-4,11-16H2. The third-order valence-corrected chi connectivity index (χ3v) is 7.14. The lowest BCUT2D eigenvalue weighted by Gasteiger charge is -2.36. The molecule has 1 amide bonds. The molecular weight excluding hydrogens is 421 g/mol. The van der Waals surface area contributed by atoms with Gasteiger partial charge in [-0.2, -0.15) is 0 Å². The van der Waals surface area contributed by atoms with Crippen molar-refractivity contribution in [2.75, 3.05) is 44.2 Å². The number of nitrogens with zero attached hydrogens (tertiary/aromatic N) is 2. The first-order valence-electron chi connectivity index (χ1n) is 10.4. The van der Waals surface area contributed by atoms with Gasteiger partial charge in [0, 0.05) is 44.9 Å². The van der Waals surface area contributed by atoms with E-state index in [4.69, 9.17) is 4.74 Å². The summed E-state index contributed by atoms with van der Waals surface area (Å²) in [5, 5.41) is 0. The number of benzene rings is 2. The van der Waals surface area contributed by atoms with Gasteiger partial charge in [-0.25, -0.2) is 17.5 Å². The molecule has 0 saturated carbocycles. The molecule has 0 aromatic heterocycles. The molecule has 2 aromatic carbocycles. The molecule has 1 N–H and O–H groups in total. The van der Waals surface area contributed by atoms with Crippen LogP contribution in [-0.2, 0) is 14.8 Å². The van der Waals surface area contributed by atoms with Gasteiger partial charge in [-0.15, -0.1) is 0 Å². The molecule has 2 fully saturated rings. The predicted molar refractivity (Wildman–Crippen MR) is 115 cm³/mol. The maximum atomic E-state index is 14.0. The molecule has 0 bridgehead atoms. The van der Waals surface area contributed by atoms with Crippen molar-refractivity contribution in [1.29, 1.82) is 0 Å². The van der Waals surface area contributed by atoms with Crippen LogP contribution >= 0.6 is 0 Å². The molecule has 4 rings (SSSR count). The monoisotopic (exact) mass is 447 g/mol. The Balaban J connectivity index is 1.34. The van der Waals surface area contributed by atoms with E-state index in [1.54, 1.807) is 23.1 Å². The molecule has 2 aliphatic heterocycles. The summed E-state index contributed by atoms with van der Waals surface area (Å²) in [4.78, 5) is 16.6. The van der Waals surface area contributed by atoms with Crippen LogP contribution in [0.15, 0.2) is 53.4 Å². The lowest BCUT2D eigenvalue weighted by Crippen LogP contribution is -2.49. The maximum absolute atomic E-state index is 14.0. The Kier molecular flexibility index (Phi) is 6.54. The number of hydrogen-bond acceptors (Lipinski definition) is 5. The Hall–Kier alpha value is -2.49. The summed E-state index contributed by atoms with van der Waals surface area (Å²) in [7, 11) is -3.65. The number of piperazine rings is 1. The molecule has 31 heavy (non-hydrogen) atoms. The van der Waals surface area contributed by atoms with Crippen molar-refractivity contribution in [3.63, 3.8) is 0 Å². The summed E-state index contributed by atoms with van der Waals surface area (Å²) in [5.74, 6) is -0.434. The first-order chi connectivity index (χ1) is 14.9. The summed E-state index contributed by atoms with van der Waals surface area (Å²) in [6.45, 7) is 2.91. The Morgan fingerprint density at radius 1 is 1.06 bits per heavy atom. The van der Waals surface area contributed by atoms with E-state index >= 15 is 0 Å². The number of anilines is 1. The number of halogens is 1. The zero-order valence-electron chi connectivity index (χ0n) is 17.2. The SMILES string of the molecule is O=C(c1ccc(S(=O)(=O)NCC2CCCO2)cc1)N1CCN(c2ccccc2F)CC1. The minimum Gasteiger partial charge on any atom is -0.377 e. The number of amides is 1. The summed E-state index contributed by atoms with van der Waals surface area (Å²) in [5.41, 5.74) is 0.970. The van der Waals surface area contributed by atoms with Crippen molar-refractivity contribution in [3.8, 4) is 0 Å². The fourth-order valence-electron chi connectivity index (χ4n) is 3.91. The van der Waals surface area contributed by atoms with Crippen LogP contribution in [0.4, 0.5) is 10.1 Å². The number of ether oxygens (including phenoxy) is 1. The van der Waals surface area contributed by atoms with E-state index in [0.29, 0.717) is 44.0 Å². The van der Waals surface area contributed by atoms with Crippen molar-refractivity contribution in [2.45, 2.75) is 23.8 Å². The normalized spacial score (nSPS) is 19.6. The van der Waals surface area contributed by atoms with Gasteiger partial charge in [0.2, 0.25) is 10.0 Å². The molecule has 1 atom stereocenters. The number of nitrogens with one attached hydrogen (secondary N) is 1. The molecule has 166 valence electrons. The van der Waals surface area contributed by atoms with Gasteiger partial charge in [0.1, 0.15) is 5.82 Å².